The molecule has 0 aliphatic rings. The molecule has 3 aromatic carbocycles. The molecule has 0 aromatic heterocycles. The van der Waals surface area contributed by atoms with Crippen molar-refractivity contribution in [2.24, 2.45) is 10.3 Å². The van der Waals surface area contributed by atoms with Gasteiger partial charge in [0.1, 0.15) is 0 Å². The van der Waals surface area contributed by atoms with E-state index < -0.39 is 0 Å². The fourth-order valence-corrected chi connectivity index (χ4v) is 1.44. The van der Waals surface area contributed by atoms with Crippen LogP contribution in [-0.2, 0) is 21.1 Å². The molecule has 0 N–H and O–H groups in total. The van der Waals surface area contributed by atoms with Gasteiger partial charge in [-0.1, -0.05) is 60.7 Å². The maximum absolute atomic E-state index is 3.96. The summed E-state index contributed by atoms with van der Waals surface area (Å²) in [4.78, 5) is 0. The van der Waals surface area contributed by atoms with Crippen LogP contribution in [-0.4, -0.2) is 0 Å². The Hall–Kier alpha value is -2.12. The van der Waals surface area contributed by atoms with Crippen LogP contribution in [0.4, 0.5) is 11.4 Å². The van der Waals surface area contributed by atoms with Crippen LogP contribution in [0, 0.1) is 0 Å². The summed E-state index contributed by atoms with van der Waals surface area (Å²) in [7, 11) is 0. The van der Waals surface area contributed by atoms with Crippen LogP contribution < -0.4 is 0 Å². The van der Waals surface area contributed by atoms with Gasteiger partial charge in [-0.3, -0.25) is 5.22 Å². The van der Waals surface area contributed by atoms with Gasteiger partial charge in [0.2, 0.25) is 0 Å². The van der Waals surface area contributed by atoms with Gasteiger partial charge in [0.25, 0.3) is 0 Å². The topological polar surface area (TPSA) is 38.8 Å². The van der Waals surface area contributed by atoms with Crippen LogP contribution in [0.5, 0.6) is 0 Å². The zero-order chi connectivity index (χ0) is 13.9. The summed E-state index contributed by atoms with van der Waals surface area (Å²) in [6.07, 6.45) is 0. The van der Waals surface area contributed by atoms with E-state index >= 15 is 0 Å². The van der Waals surface area contributed by atoms with Crippen molar-refractivity contribution in [2.45, 2.75) is 0 Å². The van der Waals surface area contributed by atoms with Crippen molar-refractivity contribution in [1.29, 1.82) is 0 Å². The van der Waals surface area contributed by atoms with E-state index in [4.69, 9.17) is 0 Å². The summed E-state index contributed by atoms with van der Waals surface area (Å²) < 4.78 is 0. The van der Waals surface area contributed by atoms with Crippen molar-refractivity contribution in [3.05, 3.63) is 96.4 Å². The molecule has 21 heavy (non-hydrogen) atoms. The monoisotopic (exact) mass is 359 g/mol. The van der Waals surface area contributed by atoms with Crippen LogP contribution in [0.25, 0.3) is 5.43 Å². The normalized spacial score (nSPS) is 9.33. The first kappa shape index (κ1) is 16.9. The molecule has 0 aliphatic carbocycles. The van der Waals surface area contributed by atoms with Gasteiger partial charge in [-0.15, -0.1) is 0 Å². The van der Waals surface area contributed by atoms with E-state index in [2.05, 4.69) is 15.8 Å². The van der Waals surface area contributed by atoms with Crippen LogP contribution in [0.3, 0.4) is 0 Å². The zero-order valence-corrected chi connectivity index (χ0v) is 13.4. The molecule has 0 unspecified atom stereocenters. The number of benzene rings is 2. The second-order valence-electron chi connectivity index (χ2n) is 3.92. The largest absolute Gasteiger partial charge is 2.00 e. The van der Waals surface area contributed by atoms with Gasteiger partial charge in [-0.25, -0.2) is 12.1 Å². The van der Waals surface area contributed by atoms with E-state index in [0.29, 0.717) is 0 Å². The Balaban J connectivity index is 0.000000313. The first-order valence-corrected chi connectivity index (χ1v) is 6.34. The maximum atomic E-state index is 3.96. The summed E-state index contributed by atoms with van der Waals surface area (Å²) in [5.41, 5.74) is 5.57. The molecule has 0 radical (unpaired) electrons. The third-order valence-corrected chi connectivity index (χ3v) is 2.39. The number of hydrogen-bond donors (Lipinski definition) is 0. The minimum absolute atomic E-state index is 0. The van der Waals surface area contributed by atoms with Crippen molar-refractivity contribution < 1.29 is 21.1 Å². The first-order chi connectivity index (χ1) is 9.95. The van der Waals surface area contributed by atoms with Gasteiger partial charge in [-0.2, -0.15) is 18.2 Å². The van der Waals surface area contributed by atoms with Crippen LogP contribution in [0.15, 0.2) is 101 Å². The molecule has 0 heterocycles. The third-order valence-electron chi connectivity index (χ3n) is 2.39. The molecular weight excluding hydrogens is 342 g/mol. The molecule has 0 atom stereocenters. The second-order valence-corrected chi connectivity index (χ2v) is 3.92. The van der Waals surface area contributed by atoms with Crippen LogP contribution >= 0.6 is 0 Å². The quantitative estimate of drug-likeness (QED) is 0.246. The first-order valence-electron chi connectivity index (χ1n) is 6.34. The predicted octanol–water partition coefficient (Wildman–Crippen LogP) is 5.79. The molecule has 3 rings (SSSR count). The molecule has 3 aromatic rings. The van der Waals surface area contributed by atoms with Gasteiger partial charge in [0.05, 0.1) is 0 Å². The molecule has 0 spiro atoms. The number of nitrogens with zero attached hydrogens (tertiary/aromatic N) is 3. The third kappa shape index (κ3) is 7.28. The molecule has 0 aliphatic heterocycles. The molecule has 0 fully saturated rings. The maximum Gasteiger partial charge on any atom is 2.00 e. The Labute approximate surface area is 139 Å². The van der Waals surface area contributed by atoms with Crippen molar-refractivity contribution in [1.82, 2.24) is 0 Å². The Morgan fingerprint density at radius 1 is 0.714 bits per heavy atom. The number of rotatable bonds is 3. The molecule has 4 heteroatoms. The predicted molar refractivity (Wildman–Crippen MR) is 82.5 cm³/mol. The fourth-order valence-electron chi connectivity index (χ4n) is 1.44. The second kappa shape index (κ2) is 10.6. The summed E-state index contributed by atoms with van der Waals surface area (Å²) in [5.74, 6) is 0. The molecular formula is C17H15MoN3. The van der Waals surface area contributed by atoms with Crippen molar-refractivity contribution >= 4 is 11.4 Å². The molecule has 0 amide bonds. The molecule has 0 saturated carbocycles. The summed E-state index contributed by atoms with van der Waals surface area (Å²) in [5, 5.41) is 7.72. The van der Waals surface area contributed by atoms with E-state index in [0.717, 1.165) is 11.4 Å². The number of hydrogen-bond acceptors (Lipinski definition) is 2. The van der Waals surface area contributed by atoms with Crippen molar-refractivity contribution in [2.75, 3.05) is 0 Å². The van der Waals surface area contributed by atoms with E-state index in [1.807, 2.05) is 91.0 Å². The Bertz CT molecular complexity index is 575. The van der Waals surface area contributed by atoms with Gasteiger partial charge in [-0.05, 0) is 11.4 Å². The van der Waals surface area contributed by atoms with Gasteiger partial charge < -0.3 is 10.5 Å². The SMILES string of the molecule is [Mo+2].c1cc[cH-]c1.c1ccc(N=N[N-]c2ccccc2)cc1. The smallest absolute Gasteiger partial charge is 0.350 e. The standard InChI is InChI=1S/C12H10N3.C5H5.Mo/c1-3-7-11(8-4-1)13-15-14-12-9-5-2-6-10-12;1-2-4-5-3-1;/h1-10H;1-5H;/q2*-1;+2. The van der Waals surface area contributed by atoms with Crippen molar-refractivity contribution in [3.63, 3.8) is 0 Å². The van der Waals surface area contributed by atoms with Gasteiger partial charge in [0.15, 0.2) is 0 Å². The van der Waals surface area contributed by atoms with Gasteiger partial charge in [0, 0.05) is 0 Å². The average Bonchev–Trinajstić information content (AvgIpc) is 3.09. The zero-order valence-electron chi connectivity index (χ0n) is 11.4. The van der Waals surface area contributed by atoms with Crippen molar-refractivity contribution in [3.8, 4) is 0 Å². The minimum atomic E-state index is 0. The Kier molecular flexibility index (Phi) is 8.58. The van der Waals surface area contributed by atoms with E-state index in [1.54, 1.807) is 0 Å². The summed E-state index contributed by atoms with van der Waals surface area (Å²) in [6, 6.07) is 29.0. The van der Waals surface area contributed by atoms with Crippen LogP contribution in [0.1, 0.15) is 0 Å². The van der Waals surface area contributed by atoms with Gasteiger partial charge >= 0.3 is 21.1 Å². The minimum Gasteiger partial charge on any atom is -0.350 e. The molecule has 104 valence electrons. The van der Waals surface area contributed by atoms with E-state index in [-0.39, 0.29) is 21.1 Å². The Morgan fingerprint density at radius 2 is 1.29 bits per heavy atom. The average molecular weight is 357 g/mol. The van der Waals surface area contributed by atoms with Crippen LogP contribution in [0.2, 0.25) is 0 Å². The summed E-state index contributed by atoms with van der Waals surface area (Å²) >= 11 is 0. The van der Waals surface area contributed by atoms with E-state index in [9.17, 15) is 0 Å². The summed E-state index contributed by atoms with van der Waals surface area (Å²) in [6.45, 7) is 0. The molecule has 0 saturated heterocycles. The molecule has 3 nitrogen and oxygen atoms in total. The Morgan fingerprint density at radius 3 is 1.81 bits per heavy atom. The van der Waals surface area contributed by atoms with E-state index in [1.165, 1.54) is 0 Å². The molecule has 0 bridgehead atoms. The fraction of sp³-hybridized carbons (Fsp3) is 0.